The van der Waals surface area contributed by atoms with Gasteiger partial charge < -0.3 is 36.1 Å². The van der Waals surface area contributed by atoms with Gasteiger partial charge in [0.1, 0.15) is 30.0 Å². The third kappa shape index (κ3) is 10.3. The molecule has 0 spiro atoms. The predicted molar refractivity (Wildman–Crippen MR) is 179 cm³/mol. The summed E-state index contributed by atoms with van der Waals surface area (Å²) >= 11 is 0. The molecule has 2 heterocycles. The summed E-state index contributed by atoms with van der Waals surface area (Å²) in [5.41, 5.74) is 0.716. The van der Waals surface area contributed by atoms with E-state index in [9.17, 15) is 24.0 Å². The van der Waals surface area contributed by atoms with Crippen molar-refractivity contribution in [3.63, 3.8) is 0 Å². The lowest BCUT2D eigenvalue weighted by Gasteiger charge is -2.30. The van der Waals surface area contributed by atoms with E-state index in [4.69, 9.17) is 9.47 Å². The number of ether oxygens (including phenoxy) is 2. The number of rotatable bonds is 6. The average Bonchev–Trinajstić information content (AvgIpc) is 3.05. The fraction of sp³-hybridized carbons (Fsp3) is 0.514. The molecule has 13 nitrogen and oxygen atoms in total. The lowest BCUT2D eigenvalue weighted by molar-refractivity contribution is -0.136. The van der Waals surface area contributed by atoms with Crippen LogP contribution in [0, 0.1) is 5.92 Å². The average molecular weight is 665 g/mol. The van der Waals surface area contributed by atoms with E-state index < -0.39 is 59.6 Å². The van der Waals surface area contributed by atoms with Crippen LogP contribution in [0.2, 0.25) is 0 Å². The zero-order valence-corrected chi connectivity index (χ0v) is 28.4. The summed E-state index contributed by atoms with van der Waals surface area (Å²) in [5.74, 6) is -2.83. The molecule has 1 saturated heterocycles. The van der Waals surface area contributed by atoms with Crippen molar-refractivity contribution in [2.24, 2.45) is 5.92 Å². The third-order valence-electron chi connectivity index (χ3n) is 8.28. The summed E-state index contributed by atoms with van der Waals surface area (Å²) in [6.07, 6.45) is -0.444. The first kappa shape index (κ1) is 36.3. The van der Waals surface area contributed by atoms with Gasteiger partial charge in [-0.05, 0) is 49.9 Å². The molecule has 0 unspecified atom stereocenters. The number of hydrogen-bond donors (Lipinski definition) is 5. The van der Waals surface area contributed by atoms with Gasteiger partial charge in [-0.25, -0.2) is 0 Å². The van der Waals surface area contributed by atoms with Crippen LogP contribution in [0.15, 0.2) is 48.5 Å². The second-order valence-electron chi connectivity index (χ2n) is 13.2. The third-order valence-corrected chi connectivity index (χ3v) is 8.28. The van der Waals surface area contributed by atoms with Crippen molar-refractivity contribution in [1.82, 2.24) is 31.5 Å². The van der Waals surface area contributed by atoms with E-state index in [0.29, 0.717) is 0 Å². The summed E-state index contributed by atoms with van der Waals surface area (Å²) in [7, 11) is 0. The lowest BCUT2D eigenvalue weighted by Crippen LogP contribution is -2.61. The van der Waals surface area contributed by atoms with E-state index in [1.54, 1.807) is 45.0 Å². The molecular weight excluding hydrogens is 616 g/mol. The van der Waals surface area contributed by atoms with Gasteiger partial charge in [-0.15, -0.1) is 0 Å². The van der Waals surface area contributed by atoms with Crippen molar-refractivity contribution < 1.29 is 33.4 Å². The van der Waals surface area contributed by atoms with Crippen molar-refractivity contribution >= 4 is 29.5 Å². The SMILES string of the molecule is CC(C)[C@H]1NC(=O)C(C)(C)NC(=O)C[C@@H](C(=O)NCc2ccc(CN3CCOCC3)cc2)NC(=O)c2ccccc2OC[C@H](C)NC1=O. The van der Waals surface area contributed by atoms with Gasteiger partial charge in [-0.1, -0.05) is 50.2 Å². The molecule has 3 atom stereocenters. The maximum atomic E-state index is 13.5. The van der Waals surface area contributed by atoms with Crippen molar-refractivity contribution in [2.45, 2.75) is 77.8 Å². The van der Waals surface area contributed by atoms with E-state index in [2.05, 4.69) is 31.5 Å². The van der Waals surface area contributed by atoms with Gasteiger partial charge in [0.25, 0.3) is 5.91 Å². The normalized spacial score (nSPS) is 23.0. The molecule has 1 fully saturated rings. The standard InChI is InChI=1S/C35H48N6O7/c1-22(2)30-33(45)37-23(3)21-48-28-9-7-6-8-26(28)31(43)38-27(18-29(42)40-35(4,5)34(46)39-30)32(44)36-19-24-10-12-25(13-11-24)20-41-14-16-47-17-15-41/h6-13,22-23,27,30H,14-21H2,1-5H3,(H,36,44)(H,37,45)(H,38,43)(H,39,46)(H,40,42)/t23-,27-,30+/m0/s1. The molecule has 4 rings (SSSR count). The highest BCUT2D eigenvalue weighted by Crippen LogP contribution is 2.19. The first-order valence-electron chi connectivity index (χ1n) is 16.4. The van der Waals surface area contributed by atoms with Gasteiger partial charge in [0.2, 0.25) is 23.6 Å². The zero-order chi connectivity index (χ0) is 34.8. The van der Waals surface area contributed by atoms with E-state index in [-0.39, 0.29) is 30.4 Å². The van der Waals surface area contributed by atoms with Crippen LogP contribution in [0.3, 0.4) is 0 Å². The number of nitrogens with zero attached hydrogens (tertiary/aromatic N) is 1. The van der Waals surface area contributed by atoms with E-state index in [1.807, 2.05) is 24.3 Å². The van der Waals surface area contributed by atoms with Crippen molar-refractivity contribution in [3.8, 4) is 5.75 Å². The van der Waals surface area contributed by atoms with Crippen LogP contribution in [0.1, 0.15) is 62.5 Å². The first-order valence-corrected chi connectivity index (χ1v) is 16.4. The summed E-state index contributed by atoms with van der Waals surface area (Å²) in [5, 5.41) is 13.8. The molecule has 0 aromatic heterocycles. The molecule has 2 aromatic rings. The Balaban J connectivity index is 1.52. The van der Waals surface area contributed by atoms with E-state index in [0.717, 1.165) is 44.0 Å². The number of morpholine rings is 1. The fourth-order valence-electron chi connectivity index (χ4n) is 5.41. The van der Waals surface area contributed by atoms with Crippen LogP contribution >= 0.6 is 0 Å². The first-order chi connectivity index (χ1) is 22.8. The molecule has 48 heavy (non-hydrogen) atoms. The quantitative estimate of drug-likeness (QED) is 0.308. The predicted octanol–water partition coefficient (Wildman–Crippen LogP) is 1.26. The molecule has 2 aromatic carbocycles. The minimum atomic E-state index is -1.44. The molecule has 0 aliphatic carbocycles. The number of benzene rings is 2. The van der Waals surface area contributed by atoms with Gasteiger partial charge in [-0.3, -0.25) is 28.9 Å². The molecule has 13 heteroatoms. The minimum absolute atomic E-state index is 0.0372. The molecule has 2 aliphatic heterocycles. The molecule has 0 saturated carbocycles. The number of nitrogens with one attached hydrogen (secondary N) is 5. The zero-order valence-electron chi connectivity index (χ0n) is 28.4. The maximum absolute atomic E-state index is 13.5. The number of carbonyl (C=O) groups excluding carboxylic acids is 5. The van der Waals surface area contributed by atoms with Crippen molar-refractivity contribution in [2.75, 3.05) is 32.9 Å². The number of amides is 5. The van der Waals surface area contributed by atoms with Gasteiger partial charge in [-0.2, -0.15) is 0 Å². The Morgan fingerprint density at radius 2 is 1.62 bits per heavy atom. The molecule has 2 aliphatic rings. The molecule has 0 bridgehead atoms. The van der Waals surface area contributed by atoms with Crippen LogP contribution in [-0.4, -0.2) is 91.0 Å². The molecule has 0 radical (unpaired) electrons. The number of hydrogen-bond acceptors (Lipinski definition) is 8. The van der Waals surface area contributed by atoms with Gasteiger partial charge >= 0.3 is 0 Å². The molecule has 260 valence electrons. The number of carbonyl (C=O) groups is 5. The molecular formula is C35H48N6O7. The summed E-state index contributed by atoms with van der Waals surface area (Å²) in [6, 6.07) is 11.8. The Morgan fingerprint density at radius 3 is 2.31 bits per heavy atom. The second-order valence-corrected chi connectivity index (χ2v) is 13.2. The van der Waals surface area contributed by atoms with Crippen molar-refractivity contribution in [3.05, 3.63) is 65.2 Å². The van der Waals surface area contributed by atoms with Gasteiger partial charge in [0.15, 0.2) is 0 Å². The van der Waals surface area contributed by atoms with Gasteiger partial charge in [0, 0.05) is 26.2 Å². The smallest absolute Gasteiger partial charge is 0.255 e. The number of para-hydroxylation sites is 1. The van der Waals surface area contributed by atoms with Crippen LogP contribution in [0.4, 0.5) is 0 Å². The van der Waals surface area contributed by atoms with Crippen LogP contribution < -0.4 is 31.3 Å². The largest absolute Gasteiger partial charge is 0.491 e. The summed E-state index contributed by atoms with van der Waals surface area (Å²) < 4.78 is 11.3. The lowest BCUT2D eigenvalue weighted by atomic mass is 9.98. The van der Waals surface area contributed by atoms with Gasteiger partial charge in [0.05, 0.1) is 31.2 Å². The Hall–Kier alpha value is -4.49. The Morgan fingerprint density at radius 1 is 0.958 bits per heavy atom. The Bertz CT molecular complexity index is 1460. The molecule has 5 N–H and O–H groups in total. The molecule has 5 amide bonds. The topological polar surface area (TPSA) is 167 Å². The summed E-state index contributed by atoms with van der Waals surface area (Å²) in [6.45, 7) is 12.6. The van der Waals surface area contributed by atoms with Crippen molar-refractivity contribution in [1.29, 1.82) is 0 Å². The van der Waals surface area contributed by atoms with Crippen LogP contribution in [-0.2, 0) is 37.0 Å². The Kier molecular flexibility index (Phi) is 12.5. The second kappa shape index (κ2) is 16.6. The highest BCUT2D eigenvalue weighted by atomic mass is 16.5. The maximum Gasteiger partial charge on any atom is 0.255 e. The van der Waals surface area contributed by atoms with E-state index in [1.165, 1.54) is 13.8 Å². The summed E-state index contributed by atoms with van der Waals surface area (Å²) in [4.78, 5) is 69.1. The minimum Gasteiger partial charge on any atom is -0.491 e. The van der Waals surface area contributed by atoms with Crippen LogP contribution in [0.25, 0.3) is 0 Å². The number of fused-ring (bicyclic) bond motifs is 1. The fourth-order valence-corrected chi connectivity index (χ4v) is 5.41. The highest BCUT2D eigenvalue weighted by molar-refractivity contribution is 6.01. The Labute approximate surface area is 281 Å². The highest BCUT2D eigenvalue weighted by Gasteiger charge is 2.36. The monoisotopic (exact) mass is 664 g/mol. The van der Waals surface area contributed by atoms with E-state index >= 15 is 0 Å². The van der Waals surface area contributed by atoms with Crippen LogP contribution in [0.5, 0.6) is 5.75 Å².